The van der Waals surface area contributed by atoms with E-state index in [0.29, 0.717) is 37.6 Å². The largest absolute Gasteiger partial charge is 0.379 e. The van der Waals surface area contributed by atoms with E-state index in [1.54, 1.807) is 14.1 Å². The van der Waals surface area contributed by atoms with Crippen molar-refractivity contribution in [3.63, 3.8) is 0 Å². The van der Waals surface area contributed by atoms with Crippen LogP contribution >= 0.6 is 0 Å². The Kier molecular flexibility index (Phi) is 4.71. The second kappa shape index (κ2) is 6.51. The highest BCUT2D eigenvalue weighted by Crippen LogP contribution is 2.26. The number of benzene rings is 1. The van der Waals surface area contributed by atoms with Crippen molar-refractivity contribution in [2.45, 2.75) is 0 Å². The topological polar surface area (TPSA) is 88.0 Å². The zero-order valence-electron chi connectivity index (χ0n) is 12.0. The third kappa shape index (κ3) is 3.67. The second-order valence-corrected chi connectivity index (χ2v) is 4.90. The van der Waals surface area contributed by atoms with E-state index in [1.807, 2.05) is 5.01 Å². The molecule has 1 N–H and O–H groups in total. The van der Waals surface area contributed by atoms with Crippen LogP contribution in [-0.4, -0.2) is 61.1 Å². The Morgan fingerprint density at radius 1 is 1.38 bits per heavy atom. The van der Waals surface area contributed by atoms with Gasteiger partial charge in [0.05, 0.1) is 18.1 Å². The molecule has 0 aliphatic carbocycles. The predicted octanol–water partition coefficient (Wildman–Crippen LogP) is 0.956. The minimum atomic E-state index is -0.466. The van der Waals surface area contributed by atoms with Gasteiger partial charge in [0.15, 0.2) is 0 Å². The van der Waals surface area contributed by atoms with Gasteiger partial charge in [-0.05, 0) is 12.1 Å². The average Bonchev–Trinajstić information content (AvgIpc) is 2.47. The van der Waals surface area contributed by atoms with Gasteiger partial charge < -0.3 is 15.1 Å². The molecule has 1 heterocycles. The summed E-state index contributed by atoms with van der Waals surface area (Å²) in [6.07, 6.45) is 0. The molecule has 21 heavy (non-hydrogen) atoms. The Morgan fingerprint density at radius 3 is 2.62 bits per heavy atom. The first kappa shape index (κ1) is 15.2. The molecule has 1 aliphatic rings. The number of nitro groups is 1. The first-order chi connectivity index (χ1) is 9.99. The number of carbonyl (C=O) groups excluding carboxylic acids is 1. The van der Waals surface area contributed by atoms with Crippen LogP contribution in [0.25, 0.3) is 0 Å². The van der Waals surface area contributed by atoms with Crippen LogP contribution in [0.5, 0.6) is 0 Å². The van der Waals surface area contributed by atoms with E-state index >= 15 is 0 Å². The number of hydrazine groups is 1. The van der Waals surface area contributed by atoms with Gasteiger partial charge in [0.2, 0.25) is 0 Å². The summed E-state index contributed by atoms with van der Waals surface area (Å²) < 4.78 is 5.23. The van der Waals surface area contributed by atoms with Crippen LogP contribution < -0.4 is 5.43 Å². The summed E-state index contributed by atoms with van der Waals surface area (Å²) in [5.74, 6) is -0.199. The molecule has 0 bridgehead atoms. The molecule has 0 aromatic heterocycles. The molecule has 1 fully saturated rings. The molecular formula is C13H18N4O4. The molecule has 1 saturated heterocycles. The van der Waals surface area contributed by atoms with Gasteiger partial charge in [-0.25, -0.2) is 5.01 Å². The number of amides is 1. The zero-order chi connectivity index (χ0) is 15.4. The summed E-state index contributed by atoms with van der Waals surface area (Å²) in [6.45, 7) is 2.39. The van der Waals surface area contributed by atoms with Crippen molar-refractivity contribution in [3.05, 3.63) is 33.9 Å². The lowest BCUT2D eigenvalue weighted by atomic mass is 10.1. The third-order valence-electron chi connectivity index (χ3n) is 3.14. The summed E-state index contributed by atoms with van der Waals surface area (Å²) in [7, 11) is 3.28. The van der Waals surface area contributed by atoms with Gasteiger partial charge in [0.1, 0.15) is 5.69 Å². The molecule has 8 heteroatoms. The number of nitrogens with zero attached hydrogens (tertiary/aromatic N) is 3. The minimum Gasteiger partial charge on any atom is -0.379 e. The molecule has 114 valence electrons. The highest BCUT2D eigenvalue weighted by Gasteiger charge is 2.20. The molecule has 0 radical (unpaired) electrons. The fraction of sp³-hybridized carbons (Fsp3) is 0.462. The van der Waals surface area contributed by atoms with Crippen molar-refractivity contribution in [2.75, 3.05) is 45.8 Å². The van der Waals surface area contributed by atoms with E-state index < -0.39 is 4.92 Å². The number of hydrogen-bond acceptors (Lipinski definition) is 6. The highest BCUT2D eigenvalue weighted by atomic mass is 16.6. The van der Waals surface area contributed by atoms with Gasteiger partial charge in [-0.1, -0.05) is 0 Å². The third-order valence-corrected chi connectivity index (χ3v) is 3.14. The molecule has 8 nitrogen and oxygen atoms in total. The van der Waals surface area contributed by atoms with Crippen molar-refractivity contribution in [1.82, 2.24) is 9.91 Å². The van der Waals surface area contributed by atoms with Crippen molar-refractivity contribution >= 4 is 17.3 Å². The molecule has 1 aromatic rings. The van der Waals surface area contributed by atoms with Crippen LogP contribution in [0, 0.1) is 10.1 Å². The lowest BCUT2D eigenvalue weighted by molar-refractivity contribution is -0.384. The van der Waals surface area contributed by atoms with E-state index in [9.17, 15) is 14.9 Å². The zero-order valence-corrected chi connectivity index (χ0v) is 12.0. The molecule has 1 aliphatic heterocycles. The molecule has 1 amide bonds. The van der Waals surface area contributed by atoms with Crippen LogP contribution in [0.15, 0.2) is 18.2 Å². The maximum atomic E-state index is 12.0. The standard InChI is InChI=1S/C13H18N4O4/c1-15(2)13(18)10-3-4-12(17(19)20)11(9-10)14-16-5-7-21-8-6-16/h3-4,9,14H,5-8H2,1-2H3. The van der Waals surface area contributed by atoms with Gasteiger partial charge in [0, 0.05) is 38.8 Å². The molecule has 0 unspecified atom stereocenters. The number of morpholine rings is 1. The van der Waals surface area contributed by atoms with Crippen molar-refractivity contribution in [3.8, 4) is 0 Å². The number of hydrogen-bond donors (Lipinski definition) is 1. The van der Waals surface area contributed by atoms with E-state index in [4.69, 9.17) is 4.74 Å². The Labute approximate surface area is 122 Å². The van der Waals surface area contributed by atoms with Crippen LogP contribution in [0.1, 0.15) is 10.4 Å². The van der Waals surface area contributed by atoms with Gasteiger partial charge in [-0.2, -0.15) is 0 Å². The van der Waals surface area contributed by atoms with E-state index in [2.05, 4.69) is 5.43 Å². The van der Waals surface area contributed by atoms with Crippen molar-refractivity contribution in [2.24, 2.45) is 0 Å². The Hall–Kier alpha value is -2.19. The maximum Gasteiger partial charge on any atom is 0.293 e. The van der Waals surface area contributed by atoms with Crippen LogP contribution in [0.2, 0.25) is 0 Å². The second-order valence-electron chi connectivity index (χ2n) is 4.90. The summed E-state index contributed by atoms with van der Waals surface area (Å²) in [5, 5.41) is 12.9. The average molecular weight is 294 g/mol. The van der Waals surface area contributed by atoms with E-state index in [-0.39, 0.29) is 11.6 Å². The number of carbonyl (C=O) groups is 1. The predicted molar refractivity (Wildman–Crippen MR) is 77.1 cm³/mol. The summed E-state index contributed by atoms with van der Waals surface area (Å²) in [6, 6.07) is 4.32. The fourth-order valence-electron chi connectivity index (χ4n) is 2.02. The van der Waals surface area contributed by atoms with Gasteiger partial charge in [-0.15, -0.1) is 0 Å². The maximum absolute atomic E-state index is 12.0. The van der Waals surface area contributed by atoms with E-state index in [1.165, 1.54) is 23.1 Å². The molecular weight excluding hydrogens is 276 g/mol. The van der Waals surface area contributed by atoms with Gasteiger partial charge in [0.25, 0.3) is 11.6 Å². The van der Waals surface area contributed by atoms with E-state index in [0.717, 1.165) is 0 Å². The minimum absolute atomic E-state index is 0.0585. The number of nitro benzene ring substituents is 1. The molecule has 0 spiro atoms. The van der Waals surface area contributed by atoms with Crippen LogP contribution in [0.3, 0.4) is 0 Å². The lowest BCUT2D eigenvalue weighted by Crippen LogP contribution is -2.40. The summed E-state index contributed by atoms with van der Waals surface area (Å²) >= 11 is 0. The Morgan fingerprint density at radius 2 is 2.05 bits per heavy atom. The van der Waals surface area contributed by atoms with Gasteiger partial charge >= 0.3 is 0 Å². The van der Waals surface area contributed by atoms with Crippen molar-refractivity contribution < 1.29 is 14.5 Å². The SMILES string of the molecule is CN(C)C(=O)c1ccc([N+](=O)[O-])c(NN2CCOCC2)c1. The van der Waals surface area contributed by atoms with Gasteiger partial charge in [-0.3, -0.25) is 14.9 Å². The van der Waals surface area contributed by atoms with Crippen molar-refractivity contribution in [1.29, 1.82) is 0 Å². The molecule has 0 atom stereocenters. The number of ether oxygens (including phenoxy) is 1. The molecule has 1 aromatic carbocycles. The summed E-state index contributed by atoms with van der Waals surface area (Å²) in [5.41, 5.74) is 3.67. The number of rotatable bonds is 4. The molecule has 2 rings (SSSR count). The number of nitrogens with one attached hydrogen (secondary N) is 1. The quantitative estimate of drug-likeness (QED) is 0.657. The number of anilines is 1. The highest BCUT2D eigenvalue weighted by molar-refractivity contribution is 5.95. The Bertz CT molecular complexity index is 541. The first-order valence-corrected chi connectivity index (χ1v) is 6.58. The fourth-order valence-corrected chi connectivity index (χ4v) is 2.02. The normalized spacial score (nSPS) is 15.5. The Balaban J connectivity index is 2.28. The smallest absolute Gasteiger partial charge is 0.293 e. The van der Waals surface area contributed by atoms with Crippen LogP contribution in [0.4, 0.5) is 11.4 Å². The van der Waals surface area contributed by atoms with Crippen LogP contribution in [-0.2, 0) is 4.74 Å². The lowest BCUT2D eigenvalue weighted by Gasteiger charge is -2.27. The monoisotopic (exact) mass is 294 g/mol. The molecule has 0 saturated carbocycles. The first-order valence-electron chi connectivity index (χ1n) is 6.58. The summed E-state index contributed by atoms with van der Waals surface area (Å²) in [4.78, 5) is 24.0.